The molecule has 17 heavy (non-hydrogen) atoms. The maximum absolute atomic E-state index is 11.0. The van der Waals surface area contributed by atoms with Crippen LogP contribution in [0.2, 0.25) is 0 Å². The summed E-state index contributed by atoms with van der Waals surface area (Å²) in [6.45, 7) is 8.07. The van der Waals surface area contributed by atoms with Gasteiger partial charge in [0.05, 0.1) is 4.92 Å². The van der Waals surface area contributed by atoms with Crippen molar-refractivity contribution >= 4 is 11.4 Å². The van der Waals surface area contributed by atoms with Gasteiger partial charge in [-0.2, -0.15) is 0 Å². The minimum atomic E-state index is -0.336. The monoisotopic (exact) mass is 236 g/mol. The van der Waals surface area contributed by atoms with E-state index in [1.165, 1.54) is 0 Å². The third-order valence-corrected chi connectivity index (χ3v) is 2.70. The molecule has 1 rings (SSSR count). The van der Waals surface area contributed by atoms with Gasteiger partial charge in [0.1, 0.15) is 5.69 Å². The summed E-state index contributed by atoms with van der Waals surface area (Å²) in [5, 5.41) is 14.2. The lowest BCUT2D eigenvalue weighted by atomic mass is 9.98. The number of nitrogens with one attached hydrogen (secondary N) is 1. The molecule has 0 aromatic heterocycles. The van der Waals surface area contributed by atoms with E-state index in [2.05, 4.69) is 26.1 Å². The summed E-state index contributed by atoms with van der Waals surface area (Å²) < 4.78 is 0. The van der Waals surface area contributed by atoms with Crippen LogP contribution < -0.4 is 5.32 Å². The van der Waals surface area contributed by atoms with Crippen molar-refractivity contribution in [2.24, 2.45) is 0 Å². The summed E-state index contributed by atoms with van der Waals surface area (Å²) >= 11 is 0. The van der Waals surface area contributed by atoms with E-state index in [0.29, 0.717) is 5.69 Å². The fourth-order valence-electron chi connectivity index (χ4n) is 1.95. The number of hydrogen-bond donors (Lipinski definition) is 1. The highest BCUT2D eigenvalue weighted by molar-refractivity contribution is 5.63. The zero-order chi connectivity index (χ0) is 13.1. The normalized spacial score (nSPS) is 11.3. The Balaban J connectivity index is 3.02. The number of hydrogen-bond acceptors (Lipinski definition) is 3. The molecule has 4 heteroatoms. The topological polar surface area (TPSA) is 55.2 Å². The van der Waals surface area contributed by atoms with Gasteiger partial charge in [-0.05, 0) is 38.8 Å². The average Bonchev–Trinajstić information content (AvgIpc) is 2.20. The van der Waals surface area contributed by atoms with Crippen LogP contribution in [0.5, 0.6) is 0 Å². The van der Waals surface area contributed by atoms with Crippen LogP contribution in [-0.4, -0.2) is 10.5 Å². The quantitative estimate of drug-likeness (QED) is 0.623. The third-order valence-electron chi connectivity index (χ3n) is 2.70. The number of rotatable bonds is 5. The number of nitro benzene ring substituents is 1. The Morgan fingerprint density at radius 2 is 2.06 bits per heavy atom. The van der Waals surface area contributed by atoms with Crippen molar-refractivity contribution in [2.45, 2.75) is 46.1 Å². The Labute approximate surface area is 102 Å². The van der Waals surface area contributed by atoms with Crippen molar-refractivity contribution in [3.63, 3.8) is 0 Å². The second kappa shape index (κ2) is 5.17. The Morgan fingerprint density at radius 3 is 2.59 bits per heavy atom. The second-order valence-corrected chi connectivity index (χ2v) is 5.04. The minimum Gasteiger partial charge on any atom is -0.375 e. The lowest BCUT2D eigenvalue weighted by molar-refractivity contribution is -0.384. The highest BCUT2D eigenvalue weighted by Crippen LogP contribution is 2.29. The molecule has 4 nitrogen and oxygen atoms in total. The van der Waals surface area contributed by atoms with Crippen molar-refractivity contribution in [3.8, 4) is 0 Å². The van der Waals surface area contributed by atoms with Gasteiger partial charge in [-0.15, -0.1) is 0 Å². The SMILES string of the molecule is CCCC(C)(C)Nc1ccc(C)cc1[N+](=O)[O-]. The Kier molecular flexibility index (Phi) is 4.10. The van der Waals surface area contributed by atoms with Gasteiger partial charge in [0.15, 0.2) is 0 Å². The first-order valence-electron chi connectivity index (χ1n) is 5.89. The molecular formula is C13H20N2O2. The van der Waals surface area contributed by atoms with Crippen molar-refractivity contribution in [1.82, 2.24) is 0 Å². The molecule has 0 aliphatic heterocycles. The standard InChI is InChI=1S/C13H20N2O2/c1-5-8-13(3,4)14-11-7-6-10(2)9-12(11)15(16)17/h6-7,9,14H,5,8H2,1-4H3. The first kappa shape index (κ1) is 13.5. The van der Waals surface area contributed by atoms with Gasteiger partial charge < -0.3 is 5.32 Å². The molecule has 0 aliphatic rings. The van der Waals surface area contributed by atoms with Crippen LogP contribution in [0.15, 0.2) is 18.2 Å². The minimum absolute atomic E-state index is 0.130. The van der Waals surface area contributed by atoms with Crippen molar-refractivity contribution in [2.75, 3.05) is 5.32 Å². The molecule has 0 saturated heterocycles. The molecule has 94 valence electrons. The molecule has 0 fully saturated rings. The van der Waals surface area contributed by atoms with Crippen molar-refractivity contribution < 1.29 is 4.92 Å². The molecule has 0 spiro atoms. The third kappa shape index (κ3) is 3.73. The van der Waals surface area contributed by atoms with Gasteiger partial charge in [-0.1, -0.05) is 19.4 Å². The first-order chi connectivity index (χ1) is 7.85. The molecular weight excluding hydrogens is 216 g/mol. The van der Waals surface area contributed by atoms with E-state index in [1.54, 1.807) is 12.1 Å². The van der Waals surface area contributed by atoms with E-state index in [4.69, 9.17) is 0 Å². The molecule has 0 radical (unpaired) electrons. The molecule has 1 N–H and O–H groups in total. The van der Waals surface area contributed by atoms with E-state index in [9.17, 15) is 10.1 Å². The van der Waals surface area contributed by atoms with Crippen molar-refractivity contribution in [3.05, 3.63) is 33.9 Å². The van der Waals surface area contributed by atoms with Crippen LogP contribution in [0.1, 0.15) is 39.2 Å². The smallest absolute Gasteiger partial charge is 0.292 e. The highest BCUT2D eigenvalue weighted by Gasteiger charge is 2.21. The largest absolute Gasteiger partial charge is 0.375 e. The lowest BCUT2D eigenvalue weighted by Crippen LogP contribution is -2.30. The molecule has 0 atom stereocenters. The van der Waals surface area contributed by atoms with Crippen LogP contribution in [0.25, 0.3) is 0 Å². The summed E-state index contributed by atoms with van der Waals surface area (Å²) in [5.41, 5.74) is 1.51. The van der Waals surface area contributed by atoms with E-state index >= 15 is 0 Å². The molecule has 0 amide bonds. The number of aryl methyl sites for hydroxylation is 1. The fourth-order valence-corrected chi connectivity index (χ4v) is 1.95. The molecule has 0 saturated carbocycles. The number of benzene rings is 1. The van der Waals surface area contributed by atoms with Crippen LogP contribution >= 0.6 is 0 Å². The maximum atomic E-state index is 11.0. The Hall–Kier alpha value is -1.58. The van der Waals surface area contributed by atoms with Crippen LogP contribution in [0.4, 0.5) is 11.4 Å². The Bertz CT molecular complexity index is 414. The maximum Gasteiger partial charge on any atom is 0.292 e. The summed E-state index contributed by atoms with van der Waals surface area (Å²) in [5.74, 6) is 0. The van der Waals surface area contributed by atoms with Gasteiger partial charge in [0.25, 0.3) is 5.69 Å². The lowest BCUT2D eigenvalue weighted by Gasteiger charge is -2.27. The molecule has 0 bridgehead atoms. The molecule has 1 aromatic carbocycles. The van der Waals surface area contributed by atoms with E-state index in [1.807, 2.05) is 13.0 Å². The predicted molar refractivity (Wildman–Crippen MR) is 70.4 cm³/mol. The average molecular weight is 236 g/mol. The predicted octanol–water partition coefficient (Wildman–Crippen LogP) is 3.89. The summed E-state index contributed by atoms with van der Waals surface area (Å²) in [6, 6.07) is 5.27. The van der Waals surface area contributed by atoms with Gasteiger partial charge in [0.2, 0.25) is 0 Å². The highest BCUT2D eigenvalue weighted by atomic mass is 16.6. The van der Waals surface area contributed by atoms with Gasteiger partial charge in [-0.3, -0.25) is 10.1 Å². The molecule has 0 aliphatic carbocycles. The first-order valence-corrected chi connectivity index (χ1v) is 5.89. The second-order valence-electron chi connectivity index (χ2n) is 5.04. The molecule has 0 unspecified atom stereocenters. The zero-order valence-corrected chi connectivity index (χ0v) is 10.9. The van der Waals surface area contributed by atoms with Gasteiger partial charge in [-0.25, -0.2) is 0 Å². The summed E-state index contributed by atoms with van der Waals surface area (Å²) in [7, 11) is 0. The van der Waals surface area contributed by atoms with Crippen LogP contribution in [0.3, 0.4) is 0 Å². The number of nitro groups is 1. The Morgan fingerprint density at radius 1 is 1.41 bits per heavy atom. The molecule has 1 aromatic rings. The van der Waals surface area contributed by atoms with Crippen LogP contribution in [-0.2, 0) is 0 Å². The van der Waals surface area contributed by atoms with Gasteiger partial charge >= 0.3 is 0 Å². The molecule has 0 heterocycles. The summed E-state index contributed by atoms with van der Waals surface area (Å²) in [6.07, 6.45) is 2.01. The van der Waals surface area contributed by atoms with E-state index in [-0.39, 0.29) is 16.1 Å². The zero-order valence-electron chi connectivity index (χ0n) is 10.9. The van der Waals surface area contributed by atoms with E-state index < -0.39 is 0 Å². The van der Waals surface area contributed by atoms with Crippen molar-refractivity contribution in [1.29, 1.82) is 0 Å². The van der Waals surface area contributed by atoms with E-state index in [0.717, 1.165) is 18.4 Å². The number of anilines is 1. The summed E-state index contributed by atoms with van der Waals surface area (Å²) in [4.78, 5) is 10.6. The van der Waals surface area contributed by atoms with Gasteiger partial charge in [0, 0.05) is 11.6 Å². The number of nitrogens with zero attached hydrogens (tertiary/aromatic N) is 1. The van der Waals surface area contributed by atoms with Crippen LogP contribution in [0, 0.1) is 17.0 Å². The fraction of sp³-hybridized carbons (Fsp3) is 0.538.